The van der Waals surface area contributed by atoms with Gasteiger partial charge in [0.1, 0.15) is 18.2 Å². The number of halogens is 3. The van der Waals surface area contributed by atoms with Crippen LogP contribution in [-0.2, 0) is 12.0 Å². The zero-order chi connectivity index (χ0) is 23.8. The molecule has 8 heteroatoms. The Labute approximate surface area is 188 Å². The number of carbonyl (C=O) groups is 1. The molecule has 0 saturated carbocycles. The summed E-state index contributed by atoms with van der Waals surface area (Å²) in [7, 11) is 0. The first-order chi connectivity index (χ1) is 15.6. The zero-order valence-electron chi connectivity index (χ0n) is 18.3. The number of anilines is 1. The van der Waals surface area contributed by atoms with E-state index in [2.05, 4.69) is 36.3 Å². The molecule has 2 N–H and O–H groups in total. The van der Waals surface area contributed by atoms with Crippen LogP contribution < -0.4 is 10.1 Å². The first kappa shape index (κ1) is 22.4. The third-order valence-electron chi connectivity index (χ3n) is 5.30. The second-order valence-electron chi connectivity index (χ2n) is 8.67. The van der Waals surface area contributed by atoms with Crippen molar-refractivity contribution in [2.24, 2.45) is 0 Å². The first-order valence-electron chi connectivity index (χ1n) is 10.3. The number of hydrogen-bond acceptors (Lipinski definition) is 3. The smallest absolute Gasteiger partial charge is 0.256 e. The minimum absolute atomic E-state index is 0.0266. The van der Waals surface area contributed by atoms with Crippen molar-refractivity contribution in [3.63, 3.8) is 0 Å². The number of aromatic amines is 1. The van der Waals surface area contributed by atoms with Crippen LogP contribution in [0.1, 0.15) is 42.3 Å². The number of carbonyl (C=O) groups excluding carboxylic acids is 1. The minimum Gasteiger partial charge on any atom is -0.489 e. The van der Waals surface area contributed by atoms with Gasteiger partial charge in [0, 0.05) is 10.9 Å². The molecule has 0 radical (unpaired) electrons. The second-order valence-corrected chi connectivity index (χ2v) is 8.67. The number of benzene rings is 3. The molecule has 4 rings (SSSR count). The predicted octanol–water partition coefficient (Wildman–Crippen LogP) is 6.11. The molecule has 0 spiro atoms. The second kappa shape index (κ2) is 8.61. The van der Waals surface area contributed by atoms with Crippen molar-refractivity contribution >= 4 is 22.6 Å². The Bertz CT molecular complexity index is 1330. The number of rotatable bonds is 5. The lowest BCUT2D eigenvalue weighted by Gasteiger charge is -2.19. The Kier molecular flexibility index (Phi) is 5.84. The van der Waals surface area contributed by atoms with Gasteiger partial charge in [0.05, 0.1) is 11.1 Å². The third-order valence-corrected chi connectivity index (χ3v) is 5.30. The average molecular weight is 453 g/mol. The quantitative estimate of drug-likeness (QED) is 0.358. The number of aromatic nitrogens is 2. The van der Waals surface area contributed by atoms with E-state index in [4.69, 9.17) is 4.74 Å². The molecule has 1 heterocycles. The molecule has 0 unspecified atom stereocenters. The summed E-state index contributed by atoms with van der Waals surface area (Å²) < 4.78 is 46.6. The Morgan fingerprint density at radius 2 is 1.70 bits per heavy atom. The lowest BCUT2D eigenvalue weighted by Crippen LogP contribution is -2.14. The van der Waals surface area contributed by atoms with Crippen LogP contribution in [0.15, 0.2) is 54.6 Å². The normalized spacial score (nSPS) is 11.6. The molecule has 0 aliphatic rings. The van der Waals surface area contributed by atoms with Crippen molar-refractivity contribution in [3.05, 3.63) is 88.7 Å². The van der Waals surface area contributed by atoms with E-state index >= 15 is 0 Å². The van der Waals surface area contributed by atoms with E-state index in [0.29, 0.717) is 16.5 Å². The molecule has 33 heavy (non-hydrogen) atoms. The van der Waals surface area contributed by atoms with Gasteiger partial charge in [0.25, 0.3) is 5.91 Å². The lowest BCUT2D eigenvalue weighted by molar-refractivity contribution is 0.102. The summed E-state index contributed by atoms with van der Waals surface area (Å²) in [5, 5.41) is 10.3. The van der Waals surface area contributed by atoms with Crippen molar-refractivity contribution in [1.82, 2.24) is 10.2 Å². The Balaban J connectivity index is 1.52. The predicted molar refractivity (Wildman–Crippen MR) is 120 cm³/mol. The van der Waals surface area contributed by atoms with Crippen molar-refractivity contribution in [2.75, 3.05) is 5.32 Å². The first-order valence-corrected chi connectivity index (χ1v) is 10.3. The molecule has 0 atom stereocenters. The molecule has 0 aliphatic carbocycles. The van der Waals surface area contributed by atoms with Crippen LogP contribution in [-0.4, -0.2) is 16.1 Å². The highest BCUT2D eigenvalue weighted by atomic mass is 19.2. The summed E-state index contributed by atoms with van der Waals surface area (Å²) >= 11 is 0. The molecule has 0 fully saturated rings. The maximum Gasteiger partial charge on any atom is 0.256 e. The number of nitrogens with zero attached hydrogens (tertiary/aromatic N) is 1. The van der Waals surface area contributed by atoms with Gasteiger partial charge in [-0.15, -0.1) is 0 Å². The third kappa shape index (κ3) is 4.69. The molecule has 4 aromatic rings. The highest BCUT2D eigenvalue weighted by molar-refractivity contribution is 6.08. The van der Waals surface area contributed by atoms with E-state index in [9.17, 15) is 18.0 Å². The van der Waals surface area contributed by atoms with E-state index in [0.717, 1.165) is 17.7 Å². The van der Waals surface area contributed by atoms with E-state index in [-0.39, 0.29) is 22.9 Å². The van der Waals surface area contributed by atoms with Gasteiger partial charge in [0.2, 0.25) is 0 Å². The minimum atomic E-state index is -1.29. The number of amides is 1. The Hall–Kier alpha value is -3.81. The topological polar surface area (TPSA) is 67.0 Å². The number of nitrogens with one attached hydrogen (secondary N) is 2. The van der Waals surface area contributed by atoms with Crippen LogP contribution in [0.2, 0.25) is 0 Å². The summed E-state index contributed by atoms with van der Waals surface area (Å²) in [4.78, 5) is 12.7. The summed E-state index contributed by atoms with van der Waals surface area (Å²) in [6.07, 6.45) is 0. The SMILES string of the molecule is CC(C)(C)c1ccc(C(=O)Nc2n[nH]c3ccc(OCc4c(F)ccc(F)c4F)cc23)cc1. The molecular weight excluding hydrogens is 431 g/mol. The van der Waals surface area contributed by atoms with E-state index in [1.807, 2.05) is 12.1 Å². The van der Waals surface area contributed by atoms with Gasteiger partial charge in [0.15, 0.2) is 17.5 Å². The number of ether oxygens (including phenoxy) is 1. The summed E-state index contributed by atoms with van der Waals surface area (Å²) in [5.74, 6) is -3.12. The van der Waals surface area contributed by atoms with Crippen LogP contribution in [0, 0.1) is 17.5 Å². The van der Waals surface area contributed by atoms with Crippen LogP contribution in [0.25, 0.3) is 10.9 Å². The van der Waals surface area contributed by atoms with Gasteiger partial charge in [-0.1, -0.05) is 32.9 Å². The van der Waals surface area contributed by atoms with E-state index in [1.165, 1.54) is 0 Å². The number of fused-ring (bicyclic) bond motifs is 1. The van der Waals surface area contributed by atoms with Gasteiger partial charge in [-0.3, -0.25) is 9.89 Å². The Morgan fingerprint density at radius 3 is 2.39 bits per heavy atom. The van der Waals surface area contributed by atoms with Crippen molar-refractivity contribution in [1.29, 1.82) is 0 Å². The highest BCUT2D eigenvalue weighted by Crippen LogP contribution is 2.27. The summed E-state index contributed by atoms with van der Waals surface area (Å²) in [6, 6.07) is 13.7. The molecule has 1 amide bonds. The highest BCUT2D eigenvalue weighted by Gasteiger charge is 2.17. The fourth-order valence-electron chi connectivity index (χ4n) is 3.34. The van der Waals surface area contributed by atoms with Gasteiger partial charge in [-0.2, -0.15) is 5.10 Å². The molecule has 5 nitrogen and oxygen atoms in total. The van der Waals surface area contributed by atoms with Crippen molar-refractivity contribution in [3.8, 4) is 5.75 Å². The summed E-state index contributed by atoms with van der Waals surface area (Å²) in [5.41, 5.74) is 1.68. The molecule has 170 valence electrons. The fourth-order valence-corrected chi connectivity index (χ4v) is 3.34. The van der Waals surface area contributed by atoms with Crippen molar-refractivity contribution in [2.45, 2.75) is 32.8 Å². The lowest BCUT2D eigenvalue weighted by atomic mass is 9.87. The van der Waals surface area contributed by atoms with Crippen LogP contribution in [0.5, 0.6) is 5.75 Å². The van der Waals surface area contributed by atoms with Gasteiger partial charge in [-0.25, -0.2) is 13.2 Å². The van der Waals surface area contributed by atoms with E-state index in [1.54, 1.807) is 30.3 Å². The monoisotopic (exact) mass is 453 g/mol. The standard InChI is InChI=1S/C25H22F3N3O2/c1-25(2,3)15-6-4-14(5-7-15)24(32)29-23-17-12-16(8-11-21(17)30-31-23)33-13-18-19(26)9-10-20(27)22(18)28/h4-12H,13H2,1-3H3,(H2,29,30,31,32). The maximum absolute atomic E-state index is 13.9. The molecule has 3 aromatic carbocycles. The fraction of sp³-hybridized carbons (Fsp3) is 0.200. The Morgan fingerprint density at radius 1 is 1.00 bits per heavy atom. The van der Waals surface area contributed by atoms with Gasteiger partial charge < -0.3 is 10.1 Å². The molecule has 1 aromatic heterocycles. The number of H-pyrrole nitrogens is 1. The van der Waals surface area contributed by atoms with Crippen LogP contribution in [0.3, 0.4) is 0 Å². The molecular formula is C25H22F3N3O2. The average Bonchev–Trinajstić information content (AvgIpc) is 3.18. The van der Waals surface area contributed by atoms with Crippen LogP contribution >= 0.6 is 0 Å². The van der Waals surface area contributed by atoms with Crippen molar-refractivity contribution < 1.29 is 22.7 Å². The zero-order valence-corrected chi connectivity index (χ0v) is 18.3. The molecule has 0 bridgehead atoms. The molecule has 0 aliphatic heterocycles. The van der Waals surface area contributed by atoms with E-state index < -0.39 is 29.6 Å². The number of hydrogen-bond donors (Lipinski definition) is 2. The largest absolute Gasteiger partial charge is 0.489 e. The maximum atomic E-state index is 13.9. The van der Waals surface area contributed by atoms with Crippen LogP contribution in [0.4, 0.5) is 19.0 Å². The summed E-state index contributed by atoms with van der Waals surface area (Å²) in [6.45, 7) is 5.78. The van der Waals surface area contributed by atoms with Gasteiger partial charge >= 0.3 is 0 Å². The van der Waals surface area contributed by atoms with Gasteiger partial charge in [-0.05, 0) is 53.4 Å². The molecule has 0 saturated heterocycles.